The molecule has 0 saturated heterocycles. The van der Waals surface area contributed by atoms with Crippen molar-refractivity contribution in [3.05, 3.63) is 247 Å². The number of carboxylic acids is 2. The molecule has 0 fully saturated rings. The average Bonchev–Trinajstić information content (AvgIpc) is 0.829. The number of nitrogens with one attached hydrogen (secondary N) is 2. The number of benzene rings is 7. The van der Waals surface area contributed by atoms with Crippen molar-refractivity contribution in [3.8, 4) is 0 Å². The molecule has 0 aliphatic rings. The Hall–Kier alpha value is -10.7. The Morgan fingerprint density at radius 2 is 0.496 bits per heavy atom. The number of aliphatic hydroxyl groups is 2. The van der Waals surface area contributed by atoms with E-state index in [1.165, 1.54) is 26.8 Å². The SMILES string of the molecule is CC(C)(C)OCc1cc(C(=O)O)cc(C(=O)O)c1.CC(C)(C)OCc1cccc(C(=O)NCCO)c1.CN(C)C(=O)c1cc(COC(C)(C)C)cc(C(=O)N(C)C)c1.CN(C)C(=O)c1cccc(COC(C)(C)C)c1.CN(CCO)C(=O)c1cccc(COC(C)(C)C)c1.COCCN(C)C(=O)c1cccc(COC(C)(C)C)c1.COCCNC(=O)c1cccc(COC(C)(C)C)c1. The number of methoxy groups -OCH3 is 2. The fraction of sp³-hybridized carbons (Fsp3) is 0.510. The first kappa shape index (κ1) is 120. The fourth-order valence-corrected chi connectivity index (χ4v) is 10.6. The van der Waals surface area contributed by atoms with Crippen LogP contribution in [0.4, 0.5) is 0 Å². The van der Waals surface area contributed by atoms with E-state index in [0.29, 0.717) is 117 Å². The molecule has 133 heavy (non-hydrogen) atoms. The zero-order chi connectivity index (χ0) is 102. The molecule has 0 radical (unpaired) electrons. The lowest BCUT2D eigenvalue weighted by Gasteiger charge is -2.21. The summed E-state index contributed by atoms with van der Waals surface area (Å²) in [6.07, 6.45) is 0. The molecule has 7 amide bonds. The molecule has 0 aliphatic heterocycles. The molecule has 29 heteroatoms. The molecule has 738 valence electrons. The van der Waals surface area contributed by atoms with Gasteiger partial charge < -0.3 is 98.2 Å². The van der Waals surface area contributed by atoms with E-state index in [-0.39, 0.29) is 118 Å². The van der Waals surface area contributed by atoms with E-state index in [4.69, 9.17) is 63.1 Å². The summed E-state index contributed by atoms with van der Waals surface area (Å²) in [5.41, 5.74) is 8.80. The molecule has 0 aromatic heterocycles. The maximum Gasteiger partial charge on any atom is 0.335 e. The molecule has 0 saturated carbocycles. The third-order valence-corrected chi connectivity index (χ3v) is 17.5. The predicted molar refractivity (Wildman–Crippen MR) is 521 cm³/mol. The monoisotopic (exact) mass is 1850 g/mol. The van der Waals surface area contributed by atoms with Crippen LogP contribution >= 0.6 is 0 Å². The van der Waals surface area contributed by atoms with Crippen LogP contribution in [0.3, 0.4) is 0 Å². The standard InChI is InChI=1S/C17H26N2O3.C16H25NO3.2C15H23NO3.C14H21NO3.C14H21NO2.C13H16O5/c1-17(2,3)22-11-12-8-13(15(20)18(4)5)10-14(9-12)16(21)19(6)7;1-16(2,3)20-12-13-7-6-8-14(11-13)15(18)17(4)9-10-19-5;1-15(2,3)19-11-12-6-5-7-13(10-12)14(17)16-8-9-18-4;1-15(2,3)19-11-12-6-5-7-13(10-12)14(18)16(4)8-9-17;1-14(2,3)18-10-11-5-4-6-12(9-11)13(17)15-7-8-16;1-14(2,3)17-10-11-7-6-8-12(9-11)13(16)15(4)5;1-13(2,3)18-7-8-4-9(11(14)15)6-10(5-8)12(16)17/h8-10H,11H2,1-7H3;6-8,11H,9-10,12H2,1-5H3;5-7,10H,8-9,11H2,1-4H3,(H,16,17);5-7,10,17H,8-9,11H2,1-4H3;4-6,9,16H,7-8,10H2,1-3H3,(H,15,17);6-9H,10H2,1-5H3;4-6H,7H2,1-3H3,(H,14,15)(H,16,17). The Labute approximate surface area is 791 Å². The second-order valence-corrected chi connectivity index (χ2v) is 38.8. The summed E-state index contributed by atoms with van der Waals surface area (Å²) in [5.74, 6) is -2.92. The number of hydrogen-bond donors (Lipinski definition) is 6. The molecule has 7 aromatic carbocycles. The van der Waals surface area contributed by atoms with Crippen LogP contribution in [0.2, 0.25) is 0 Å². The van der Waals surface area contributed by atoms with Gasteiger partial charge >= 0.3 is 11.9 Å². The number of hydrogen-bond acceptors (Lipinski definition) is 20. The minimum atomic E-state index is -1.16. The molecule has 6 N–H and O–H groups in total. The van der Waals surface area contributed by atoms with Crippen LogP contribution in [0, 0.1) is 0 Å². The molecular weight excluding hydrogens is 1700 g/mol. The van der Waals surface area contributed by atoms with E-state index in [0.717, 1.165) is 39.4 Å². The van der Waals surface area contributed by atoms with E-state index in [9.17, 15) is 43.2 Å². The molecule has 0 spiro atoms. The number of likely N-dealkylation sites (N-methyl/N-ethyl adjacent to an activating group) is 2. The normalized spacial score (nSPS) is 11.3. The summed E-state index contributed by atoms with van der Waals surface area (Å²) in [6, 6.07) is 46.5. The van der Waals surface area contributed by atoms with Gasteiger partial charge in [-0.25, -0.2) is 9.59 Å². The van der Waals surface area contributed by atoms with Crippen LogP contribution in [-0.4, -0.2) is 261 Å². The molecule has 7 aromatic rings. The summed E-state index contributed by atoms with van der Waals surface area (Å²) in [5, 5.41) is 40.7. The molecule has 0 unspecified atom stereocenters. The van der Waals surface area contributed by atoms with Crippen molar-refractivity contribution in [3.63, 3.8) is 0 Å². The zero-order valence-corrected chi connectivity index (χ0v) is 85.0. The first-order valence-electron chi connectivity index (χ1n) is 44.1. The van der Waals surface area contributed by atoms with Gasteiger partial charge in [0.15, 0.2) is 0 Å². The number of aromatic carboxylic acids is 2. The second kappa shape index (κ2) is 58.5. The maximum absolute atomic E-state index is 12.2. The summed E-state index contributed by atoms with van der Waals surface area (Å²) in [6.45, 7) is 47.2. The first-order valence-corrected chi connectivity index (χ1v) is 44.1. The summed E-state index contributed by atoms with van der Waals surface area (Å²) in [4.78, 5) is 114. The number of carboxylic acid groups (broad SMARTS) is 2. The quantitative estimate of drug-likeness (QED) is 0.0208. The van der Waals surface area contributed by atoms with Gasteiger partial charge in [0, 0.05) is 136 Å². The Balaban J connectivity index is 0.000000777. The smallest absolute Gasteiger partial charge is 0.335 e. The highest BCUT2D eigenvalue weighted by atomic mass is 16.5. The highest BCUT2D eigenvalue weighted by Gasteiger charge is 2.23. The third-order valence-electron chi connectivity index (χ3n) is 17.5. The maximum atomic E-state index is 12.2. The average molecular weight is 1860 g/mol. The number of aliphatic hydroxyl groups excluding tert-OH is 2. The Bertz CT molecular complexity index is 4670. The van der Waals surface area contributed by atoms with Crippen LogP contribution in [0.1, 0.15) is 278 Å². The van der Waals surface area contributed by atoms with Crippen molar-refractivity contribution in [1.82, 2.24) is 35.1 Å². The van der Waals surface area contributed by atoms with Gasteiger partial charge in [0.1, 0.15) is 0 Å². The Morgan fingerprint density at radius 3 is 0.752 bits per heavy atom. The lowest BCUT2D eigenvalue weighted by atomic mass is 10.0. The van der Waals surface area contributed by atoms with E-state index in [2.05, 4.69) is 10.6 Å². The highest BCUT2D eigenvalue weighted by Crippen LogP contribution is 2.23. The second-order valence-electron chi connectivity index (χ2n) is 38.8. The molecule has 0 heterocycles. The van der Waals surface area contributed by atoms with Gasteiger partial charge in [-0.2, -0.15) is 0 Å². The van der Waals surface area contributed by atoms with Crippen LogP contribution in [-0.2, 0) is 88.9 Å². The summed E-state index contributed by atoms with van der Waals surface area (Å²) < 4.78 is 49.6. The largest absolute Gasteiger partial charge is 0.478 e. The number of rotatable bonds is 33. The topological polar surface area (TPSA) is 358 Å². The van der Waals surface area contributed by atoms with Gasteiger partial charge in [-0.3, -0.25) is 33.6 Å². The molecular formula is C104H155N7O22. The van der Waals surface area contributed by atoms with E-state index < -0.39 is 11.9 Å². The summed E-state index contributed by atoms with van der Waals surface area (Å²) >= 11 is 0. The number of carbonyl (C=O) groups excluding carboxylic acids is 7. The van der Waals surface area contributed by atoms with Crippen LogP contribution < -0.4 is 10.6 Å². The van der Waals surface area contributed by atoms with Crippen molar-refractivity contribution in [2.75, 3.05) is 123 Å². The van der Waals surface area contributed by atoms with Crippen molar-refractivity contribution < 1.29 is 106 Å². The van der Waals surface area contributed by atoms with Crippen molar-refractivity contribution in [2.24, 2.45) is 0 Å². The fourth-order valence-electron chi connectivity index (χ4n) is 10.6. The Morgan fingerprint density at radius 1 is 0.271 bits per heavy atom. The lowest BCUT2D eigenvalue weighted by Crippen LogP contribution is -2.30. The molecule has 0 atom stereocenters. The number of ether oxygens (including phenoxy) is 9. The first-order chi connectivity index (χ1) is 61.5. The van der Waals surface area contributed by atoms with E-state index in [1.54, 1.807) is 123 Å². The minimum Gasteiger partial charge on any atom is -0.478 e. The van der Waals surface area contributed by atoms with Gasteiger partial charge in [-0.05, 0) is 281 Å². The predicted octanol–water partition coefficient (Wildman–Crippen LogP) is 16.4. The lowest BCUT2D eigenvalue weighted by molar-refractivity contribution is -0.0153. The molecule has 0 bridgehead atoms. The zero-order valence-electron chi connectivity index (χ0n) is 85.0. The number of amides is 7. The van der Waals surface area contributed by atoms with Gasteiger partial charge in [0.2, 0.25) is 0 Å². The molecule has 7 rings (SSSR count). The van der Waals surface area contributed by atoms with Crippen LogP contribution in [0.5, 0.6) is 0 Å². The minimum absolute atomic E-state index is 0.000316. The highest BCUT2D eigenvalue weighted by molar-refractivity contribution is 6.00. The van der Waals surface area contributed by atoms with Crippen molar-refractivity contribution >= 4 is 53.3 Å². The van der Waals surface area contributed by atoms with Crippen molar-refractivity contribution in [1.29, 1.82) is 0 Å². The molecule has 29 nitrogen and oxygen atoms in total. The summed E-state index contributed by atoms with van der Waals surface area (Å²) in [7, 11) is 16.9. The van der Waals surface area contributed by atoms with Gasteiger partial charge in [-0.15, -0.1) is 0 Å². The van der Waals surface area contributed by atoms with Crippen LogP contribution in [0.15, 0.2) is 158 Å². The van der Waals surface area contributed by atoms with Crippen molar-refractivity contribution in [2.45, 2.75) is 231 Å². The van der Waals surface area contributed by atoms with Gasteiger partial charge in [-0.1, -0.05) is 60.7 Å². The van der Waals surface area contributed by atoms with Gasteiger partial charge in [0.05, 0.1) is 123 Å². The Kier molecular flexibility index (Phi) is 52.9. The molecule has 0 aliphatic carbocycles. The van der Waals surface area contributed by atoms with E-state index in [1.807, 2.05) is 242 Å². The number of nitrogens with zero attached hydrogens (tertiary/aromatic N) is 5. The van der Waals surface area contributed by atoms with E-state index >= 15 is 0 Å². The number of carbonyl (C=O) groups is 9. The van der Waals surface area contributed by atoms with Crippen LogP contribution in [0.25, 0.3) is 0 Å². The third kappa shape index (κ3) is 54.9. The van der Waals surface area contributed by atoms with Gasteiger partial charge in [0.25, 0.3) is 41.4 Å².